The fraction of sp³-hybridized carbons (Fsp3) is 0.154. The summed E-state index contributed by atoms with van der Waals surface area (Å²) in [5.74, 6) is -0.111. The van der Waals surface area contributed by atoms with E-state index in [9.17, 15) is 9.59 Å². The van der Waals surface area contributed by atoms with Crippen LogP contribution in [0.3, 0.4) is 0 Å². The van der Waals surface area contributed by atoms with Crippen molar-refractivity contribution in [3.8, 4) is 10.4 Å². The van der Waals surface area contributed by atoms with Gasteiger partial charge in [-0.1, -0.05) is 48.0 Å². The summed E-state index contributed by atoms with van der Waals surface area (Å²) in [5.41, 5.74) is 5.33. The highest BCUT2D eigenvalue weighted by Crippen LogP contribution is 2.33. The summed E-state index contributed by atoms with van der Waals surface area (Å²) in [6.45, 7) is 5.83. The van der Waals surface area contributed by atoms with Gasteiger partial charge in [-0.05, 0) is 37.1 Å². The Morgan fingerprint density at radius 3 is 2.62 bits per heavy atom. The van der Waals surface area contributed by atoms with E-state index in [1.165, 1.54) is 29.6 Å². The molecule has 6 nitrogen and oxygen atoms in total. The third-order valence-corrected chi connectivity index (χ3v) is 7.57. The van der Waals surface area contributed by atoms with Crippen LogP contribution in [0.15, 0.2) is 71.1 Å². The molecule has 0 saturated heterocycles. The first-order valence-electron chi connectivity index (χ1n) is 10.8. The van der Waals surface area contributed by atoms with Crippen LogP contribution in [0.2, 0.25) is 0 Å². The lowest BCUT2D eigenvalue weighted by Crippen LogP contribution is -2.24. The zero-order valence-corrected chi connectivity index (χ0v) is 20.6. The molecule has 0 unspecified atom stereocenters. The molecule has 0 N–H and O–H groups in total. The van der Waals surface area contributed by atoms with Crippen LogP contribution < -0.4 is 10.5 Å². The fourth-order valence-corrected chi connectivity index (χ4v) is 5.85. The number of fused-ring (bicyclic) bond motifs is 1. The molecule has 0 bridgehead atoms. The van der Waals surface area contributed by atoms with E-state index in [2.05, 4.69) is 9.97 Å². The Balaban J connectivity index is 1.46. The minimum absolute atomic E-state index is 0.0930. The standard InChI is InChI=1S/C26H22N4O2S2/c1-16-9-10-22(17(2)11-16)30(18(3)31)26-28-20(14-33-26)13-29-15-27-21-12-23(34-24(21)25(29)32)19-7-5-4-6-8-19/h4-12,14-15H,13H2,1-3H3. The molecule has 34 heavy (non-hydrogen) atoms. The number of benzene rings is 2. The molecule has 5 rings (SSSR count). The van der Waals surface area contributed by atoms with Crippen LogP contribution in [0.4, 0.5) is 10.8 Å². The summed E-state index contributed by atoms with van der Waals surface area (Å²) in [6.07, 6.45) is 1.57. The van der Waals surface area contributed by atoms with E-state index in [-0.39, 0.29) is 18.0 Å². The first-order valence-corrected chi connectivity index (χ1v) is 12.5. The molecule has 0 radical (unpaired) electrons. The average molecular weight is 487 g/mol. The number of hydrogen-bond acceptors (Lipinski definition) is 6. The Hall–Kier alpha value is -3.62. The van der Waals surface area contributed by atoms with Gasteiger partial charge < -0.3 is 0 Å². The lowest BCUT2D eigenvalue weighted by Gasteiger charge is -2.20. The van der Waals surface area contributed by atoms with Gasteiger partial charge in [0.2, 0.25) is 5.91 Å². The first kappa shape index (κ1) is 22.2. The average Bonchev–Trinajstić information content (AvgIpc) is 3.46. The maximum atomic E-state index is 13.2. The second-order valence-corrected chi connectivity index (χ2v) is 10.0. The number of aromatic nitrogens is 3. The summed E-state index contributed by atoms with van der Waals surface area (Å²) in [7, 11) is 0. The van der Waals surface area contributed by atoms with Crippen LogP contribution in [0.5, 0.6) is 0 Å². The molecule has 0 fully saturated rings. The highest BCUT2D eigenvalue weighted by Gasteiger charge is 2.20. The van der Waals surface area contributed by atoms with Crippen molar-refractivity contribution in [3.63, 3.8) is 0 Å². The third kappa shape index (κ3) is 4.18. The molecular formula is C26H22N4O2S2. The number of thiophene rings is 1. The lowest BCUT2D eigenvalue weighted by molar-refractivity contribution is -0.115. The second kappa shape index (κ2) is 8.96. The number of rotatable bonds is 5. The van der Waals surface area contributed by atoms with Gasteiger partial charge in [0.25, 0.3) is 5.56 Å². The lowest BCUT2D eigenvalue weighted by atomic mass is 10.1. The number of hydrogen-bond donors (Lipinski definition) is 0. The van der Waals surface area contributed by atoms with Crippen molar-refractivity contribution in [3.05, 3.63) is 93.5 Å². The number of carbonyl (C=O) groups excluding carboxylic acids is 1. The molecule has 0 saturated carbocycles. The van der Waals surface area contributed by atoms with E-state index in [1.807, 2.05) is 73.8 Å². The molecule has 0 aliphatic rings. The Labute approximate surface area is 204 Å². The fourth-order valence-electron chi connectivity index (χ4n) is 3.91. The molecule has 170 valence electrons. The van der Waals surface area contributed by atoms with Gasteiger partial charge in [-0.3, -0.25) is 19.1 Å². The summed E-state index contributed by atoms with van der Waals surface area (Å²) in [6, 6.07) is 17.9. The van der Waals surface area contributed by atoms with Crippen molar-refractivity contribution in [2.45, 2.75) is 27.3 Å². The highest BCUT2D eigenvalue weighted by molar-refractivity contribution is 7.22. The van der Waals surface area contributed by atoms with Gasteiger partial charge in [-0.25, -0.2) is 9.97 Å². The van der Waals surface area contributed by atoms with Gasteiger partial charge in [0.1, 0.15) is 4.70 Å². The van der Waals surface area contributed by atoms with Crippen molar-refractivity contribution in [1.82, 2.24) is 14.5 Å². The van der Waals surface area contributed by atoms with E-state index < -0.39 is 0 Å². The SMILES string of the molecule is CC(=O)N(c1nc(Cn2cnc3cc(-c4ccccc4)sc3c2=O)cs1)c1ccc(C)cc1C. The van der Waals surface area contributed by atoms with Crippen molar-refractivity contribution in [1.29, 1.82) is 0 Å². The number of aryl methyl sites for hydroxylation is 2. The largest absolute Gasteiger partial charge is 0.292 e. The molecule has 3 aromatic heterocycles. The van der Waals surface area contributed by atoms with Crippen molar-refractivity contribution in [2.24, 2.45) is 0 Å². The van der Waals surface area contributed by atoms with Gasteiger partial charge in [-0.15, -0.1) is 22.7 Å². The van der Waals surface area contributed by atoms with Crippen LogP contribution in [-0.4, -0.2) is 20.4 Å². The minimum Gasteiger partial charge on any atom is -0.292 e. The molecule has 8 heteroatoms. The first-order chi connectivity index (χ1) is 16.4. The van der Waals surface area contributed by atoms with Crippen LogP contribution in [0.1, 0.15) is 23.7 Å². The van der Waals surface area contributed by atoms with E-state index in [1.54, 1.807) is 15.8 Å². The monoisotopic (exact) mass is 486 g/mol. The summed E-state index contributed by atoms with van der Waals surface area (Å²) < 4.78 is 2.19. The minimum atomic E-state index is -0.111. The van der Waals surface area contributed by atoms with E-state index in [0.717, 1.165) is 27.3 Å². The van der Waals surface area contributed by atoms with Gasteiger partial charge in [0.15, 0.2) is 5.13 Å². The highest BCUT2D eigenvalue weighted by atomic mass is 32.1. The number of amides is 1. The number of carbonyl (C=O) groups is 1. The zero-order chi connectivity index (χ0) is 23.8. The predicted octanol–water partition coefficient (Wildman–Crippen LogP) is 5.93. The predicted molar refractivity (Wildman–Crippen MR) is 139 cm³/mol. The molecule has 0 aliphatic carbocycles. The van der Waals surface area contributed by atoms with Crippen molar-refractivity contribution < 1.29 is 4.79 Å². The van der Waals surface area contributed by atoms with Crippen LogP contribution in [0.25, 0.3) is 20.7 Å². The van der Waals surface area contributed by atoms with Gasteiger partial charge >= 0.3 is 0 Å². The normalized spacial score (nSPS) is 11.1. The summed E-state index contributed by atoms with van der Waals surface area (Å²) >= 11 is 2.83. The molecule has 1 amide bonds. The molecule has 5 aromatic rings. The summed E-state index contributed by atoms with van der Waals surface area (Å²) in [4.78, 5) is 37.5. The Kier molecular flexibility index (Phi) is 5.85. The Bertz CT molecular complexity index is 1570. The molecular weight excluding hydrogens is 464 g/mol. The molecule has 0 spiro atoms. The topological polar surface area (TPSA) is 68.1 Å². The molecule has 3 heterocycles. The smallest absolute Gasteiger partial charge is 0.271 e. The van der Waals surface area contributed by atoms with E-state index in [4.69, 9.17) is 0 Å². The second-order valence-electron chi connectivity index (χ2n) is 8.13. The molecule has 0 aliphatic heterocycles. The number of anilines is 2. The van der Waals surface area contributed by atoms with Gasteiger partial charge in [0.05, 0.1) is 29.8 Å². The Morgan fingerprint density at radius 2 is 1.88 bits per heavy atom. The van der Waals surface area contributed by atoms with Crippen LogP contribution >= 0.6 is 22.7 Å². The van der Waals surface area contributed by atoms with Gasteiger partial charge in [0, 0.05) is 17.2 Å². The number of thiazole rings is 1. The van der Waals surface area contributed by atoms with Crippen LogP contribution in [0, 0.1) is 13.8 Å². The maximum Gasteiger partial charge on any atom is 0.271 e. The van der Waals surface area contributed by atoms with Crippen LogP contribution in [-0.2, 0) is 11.3 Å². The quantitative estimate of drug-likeness (QED) is 0.309. The van der Waals surface area contributed by atoms with Crippen molar-refractivity contribution in [2.75, 3.05) is 4.90 Å². The van der Waals surface area contributed by atoms with E-state index >= 15 is 0 Å². The van der Waals surface area contributed by atoms with Gasteiger partial charge in [-0.2, -0.15) is 0 Å². The third-order valence-electron chi connectivity index (χ3n) is 5.53. The molecule has 0 atom stereocenters. The number of nitrogens with zero attached hydrogens (tertiary/aromatic N) is 4. The summed E-state index contributed by atoms with van der Waals surface area (Å²) in [5, 5.41) is 2.47. The van der Waals surface area contributed by atoms with E-state index in [0.29, 0.717) is 21.0 Å². The zero-order valence-electron chi connectivity index (χ0n) is 19.0. The Morgan fingerprint density at radius 1 is 1.09 bits per heavy atom. The molecule has 2 aromatic carbocycles. The van der Waals surface area contributed by atoms with Crippen molar-refractivity contribution >= 4 is 49.6 Å². The maximum absolute atomic E-state index is 13.2.